The van der Waals surface area contributed by atoms with Crippen molar-refractivity contribution >= 4 is 5.97 Å². The van der Waals surface area contributed by atoms with Gasteiger partial charge in [-0.05, 0) is 40.5 Å². The molecule has 1 unspecified atom stereocenters. The molecule has 0 amide bonds. The van der Waals surface area contributed by atoms with Crippen LogP contribution in [0.1, 0.15) is 12.8 Å². The van der Waals surface area contributed by atoms with Gasteiger partial charge in [0.15, 0.2) is 0 Å². The third-order valence-electron chi connectivity index (χ3n) is 3.29. The van der Waals surface area contributed by atoms with Crippen LogP contribution in [-0.4, -0.2) is 85.7 Å². The zero-order valence-electron chi connectivity index (χ0n) is 11.2. The van der Waals surface area contributed by atoms with Crippen LogP contribution in [-0.2, 0) is 4.79 Å². The van der Waals surface area contributed by atoms with Crippen molar-refractivity contribution in [1.29, 1.82) is 0 Å². The van der Waals surface area contributed by atoms with Gasteiger partial charge in [-0.3, -0.25) is 9.69 Å². The summed E-state index contributed by atoms with van der Waals surface area (Å²) in [5.41, 5.74) is 0. The van der Waals surface area contributed by atoms with E-state index in [9.17, 15) is 4.79 Å². The Kier molecular flexibility index (Phi) is 5.88. The zero-order chi connectivity index (χ0) is 12.8. The average molecular weight is 243 g/mol. The summed E-state index contributed by atoms with van der Waals surface area (Å²) in [6.45, 7) is 4.02. The number of likely N-dealkylation sites (N-methyl/N-ethyl adjacent to an activating group) is 2. The fraction of sp³-hybridized carbons (Fsp3) is 0.917. The number of carboxylic acids is 1. The van der Waals surface area contributed by atoms with Crippen molar-refractivity contribution in [1.82, 2.24) is 14.7 Å². The molecule has 1 heterocycles. The quantitative estimate of drug-likeness (QED) is 0.713. The number of hydrogen-bond donors (Lipinski definition) is 1. The van der Waals surface area contributed by atoms with Crippen LogP contribution in [0.15, 0.2) is 0 Å². The van der Waals surface area contributed by atoms with E-state index in [-0.39, 0.29) is 6.54 Å². The summed E-state index contributed by atoms with van der Waals surface area (Å²) in [5.74, 6) is -0.725. The molecule has 0 aromatic rings. The number of rotatable bonds is 6. The van der Waals surface area contributed by atoms with Crippen molar-refractivity contribution in [2.45, 2.75) is 18.9 Å². The van der Waals surface area contributed by atoms with Crippen molar-refractivity contribution in [3.8, 4) is 0 Å². The molecule has 100 valence electrons. The second-order valence-electron chi connectivity index (χ2n) is 5.23. The minimum Gasteiger partial charge on any atom is -0.480 e. The van der Waals surface area contributed by atoms with Crippen LogP contribution in [0.5, 0.6) is 0 Å². The van der Waals surface area contributed by atoms with Crippen LogP contribution in [0.4, 0.5) is 0 Å². The van der Waals surface area contributed by atoms with E-state index in [1.165, 1.54) is 6.42 Å². The lowest BCUT2D eigenvalue weighted by Gasteiger charge is -2.37. The van der Waals surface area contributed by atoms with Crippen LogP contribution < -0.4 is 0 Å². The van der Waals surface area contributed by atoms with E-state index in [0.29, 0.717) is 6.04 Å². The number of hydrogen-bond acceptors (Lipinski definition) is 4. The van der Waals surface area contributed by atoms with Gasteiger partial charge in [0.25, 0.3) is 0 Å². The van der Waals surface area contributed by atoms with E-state index < -0.39 is 5.97 Å². The molecule has 1 rings (SSSR count). The third-order valence-corrected chi connectivity index (χ3v) is 3.29. The molecule has 1 fully saturated rings. The summed E-state index contributed by atoms with van der Waals surface area (Å²) >= 11 is 0. The molecule has 5 nitrogen and oxygen atoms in total. The van der Waals surface area contributed by atoms with E-state index in [1.807, 2.05) is 14.1 Å². The molecule has 0 bridgehead atoms. The first-order valence-corrected chi connectivity index (χ1v) is 6.28. The molecule has 17 heavy (non-hydrogen) atoms. The minimum absolute atomic E-state index is 0.159. The van der Waals surface area contributed by atoms with Crippen LogP contribution in [0.2, 0.25) is 0 Å². The SMILES string of the molecule is CN(C)CCN(CC(=O)O)C1CCCN(C)C1. The topological polar surface area (TPSA) is 47.0 Å². The van der Waals surface area contributed by atoms with Gasteiger partial charge in [-0.15, -0.1) is 0 Å². The number of carboxylic acid groups (broad SMARTS) is 1. The van der Waals surface area contributed by atoms with Gasteiger partial charge in [0, 0.05) is 25.7 Å². The van der Waals surface area contributed by atoms with Gasteiger partial charge in [0.1, 0.15) is 0 Å². The van der Waals surface area contributed by atoms with Gasteiger partial charge >= 0.3 is 5.97 Å². The molecule has 1 saturated heterocycles. The Balaban J connectivity index is 2.51. The second kappa shape index (κ2) is 6.93. The number of carbonyl (C=O) groups is 1. The molecule has 0 spiro atoms. The molecular formula is C12H25N3O2. The van der Waals surface area contributed by atoms with Crippen LogP contribution in [0, 0.1) is 0 Å². The normalized spacial score (nSPS) is 22.3. The maximum Gasteiger partial charge on any atom is 0.317 e. The van der Waals surface area contributed by atoms with Gasteiger partial charge in [0.2, 0.25) is 0 Å². The molecule has 1 aliphatic heterocycles. The van der Waals surface area contributed by atoms with Crippen molar-refractivity contribution < 1.29 is 9.90 Å². The molecule has 1 atom stereocenters. The first-order chi connectivity index (χ1) is 7.99. The standard InChI is InChI=1S/C12H25N3O2/c1-13(2)7-8-15(10-12(16)17)11-5-4-6-14(3)9-11/h11H,4-10H2,1-3H3,(H,16,17). The lowest BCUT2D eigenvalue weighted by atomic mass is 10.0. The van der Waals surface area contributed by atoms with E-state index in [2.05, 4.69) is 21.7 Å². The Morgan fingerprint density at radius 3 is 2.65 bits per heavy atom. The molecule has 1 aliphatic rings. The lowest BCUT2D eigenvalue weighted by Crippen LogP contribution is -2.50. The molecule has 0 aromatic heterocycles. The van der Waals surface area contributed by atoms with Crippen molar-refractivity contribution in [3.05, 3.63) is 0 Å². The van der Waals surface area contributed by atoms with E-state index in [0.717, 1.165) is 32.6 Å². The van der Waals surface area contributed by atoms with Gasteiger partial charge in [0.05, 0.1) is 6.54 Å². The van der Waals surface area contributed by atoms with Gasteiger partial charge < -0.3 is 14.9 Å². The van der Waals surface area contributed by atoms with Gasteiger partial charge in [-0.1, -0.05) is 0 Å². The maximum atomic E-state index is 10.9. The van der Waals surface area contributed by atoms with Gasteiger partial charge in [-0.2, -0.15) is 0 Å². The Bertz CT molecular complexity index is 246. The maximum absolute atomic E-state index is 10.9. The highest BCUT2D eigenvalue weighted by molar-refractivity contribution is 5.69. The van der Waals surface area contributed by atoms with Crippen molar-refractivity contribution in [2.75, 3.05) is 53.9 Å². The van der Waals surface area contributed by atoms with E-state index in [1.54, 1.807) is 0 Å². The van der Waals surface area contributed by atoms with Crippen LogP contribution >= 0.6 is 0 Å². The molecule has 0 aliphatic carbocycles. The number of likely N-dealkylation sites (tertiary alicyclic amines) is 1. The minimum atomic E-state index is -0.725. The smallest absolute Gasteiger partial charge is 0.317 e. The Hall–Kier alpha value is -0.650. The highest BCUT2D eigenvalue weighted by Gasteiger charge is 2.24. The summed E-state index contributed by atoms with van der Waals surface area (Å²) < 4.78 is 0. The van der Waals surface area contributed by atoms with Crippen molar-refractivity contribution in [2.24, 2.45) is 0 Å². The molecular weight excluding hydrogens is 218 g/mol. The zero-order valence-corrected chi connectivity index (χ0v) is 11.2. The fourth-order valence-electron chi connectivity index (χ4n) is 2.33. The predicted molar refractivity (Wildman–Crippen MR) is 68.3 cm³/mol. The van der Waals surface area contributed by atoms with E-state index >= 15 is 0 Å². The molecule has 0 saturated carbocycles. The van der Waals surface area contributed by atoms with E-state index in [4.69, 9.17) is 5.11 Å². The average Bonchev–Trinajstić information content (AvgIpc) is 2.23. The number of aliphatic carboxylic acids is 1. The molecule has 1 N–H and O–H groups in total. The molecule has 5 heteroatoms. The lowest BCUT2D eigenvalue weighted by molar-refractivity contribution is -0.139. The highest BCUT2D eigenvalue weighted by Crippen LogP contribution is 2.14. The Morgan fingerprint density at radius 1 is 1.41 bits per heavy atom. The summed E-state index contributed by atoms with van der Waals surface area (Å²) in [4.78, 5) is 17.4. The summed E-state index contributed by atoms with van der Waals surface area (Å²) in [6, 6.07) is 0.393. The number of piperidine rings is 1. The highest BCUT2D eigenvalue weighted by atomic mass is 16.4. The largest absolute Gasteiger partial charge is 0.480 e. The molecule has 0 aromatic carbocycles. The first-order valence-electron chi connectivity index (χ1n) is 6.28. The van der Waals surface area contributed by atoms with Crippen LogP contribution in [0.3, 0.4) is 0 Å². The second-order valence-corrected chi connectivity index (χ2v) is 5.23. The Morgan fingerprint density at radius 2 is 2.12 bits per heavy atom. The fourth-order valence-corrected chi connectivity index (χ4v) is 2.33. The first kappa shape index (κ1) is 14.4. The summed E-state index contributed by atoms with van der Waals surface area (Å²) in [5, 5.41) is 8.98. The predicted octanol–water partition coefficient (Wildman–Crippen LogP) is 0.0288. The summed E-state index contributed by atoms with van der Waals surface area (Å²) in [7, 11) is 6.15. The van der Waals surface area contributed by atoms with Gasteiger partial charge in [-0.25, -0.2) is 0 Å². The monoisotopic (exact) mass is 243 g/mol. The third kappa shape index (κ3) is 5.48. The number of nitrogens with zero attached hydrogens (tertiary/aromatic N) is 3. The summed E-state index contributed by atoms with van der Waals surface area (Å²) in [6.07, 6.45) is 2.28. The Labute approximate surface area is 104 Å². The molecule has 0 radical (unpaired) electrons. The van der Waals surface area contributed by atoms with Crippen molar-refractivity contribution in [3.63, 3.8) is 0 Å². The van der Waals surface area contributed by atoms with Crippen LogP contribution in [0.25, 0.3) is 0 Å².